The van der Waals surface area contributed by atoms with Gasteiger partial charge in [-0.15, -0.1) is 0 Å². The molecule has 2 aromatic carbocycles. The van der Waals surface area contributed by atoms with Gasteiger partial charge in [-0.25, -0.2) is 4.79 Å². The summed E-state index contributed by atoms with van der Waals surface area (Å²) in [6, 6.07) is 10.8. The summed E-state index contributed by atoms with van der Waals surface area (Å²) >= 11 is 0. The number of esters is 1. The fraction of sp³-hybridized carbons (Fsp3) is 0.333. The molecule has 178 valence electrons. The van der Waals surface area contributed by atoms with E-state index in [-0.39, 0.29) is 28.9 Å². The number of ether oxygens (including phenoxy) is 2. The summed E-state index contributed by atoms with van der Waals surface area (Å²) in [4.78, 5) is 25.4. The van der Waals surface area contributed by atoms with Crippen LogP contribution in [0, 0.1) is 0 Å². The Morgan fingerprint density at radius 2 is 1.97 bits per heavy atom. The Bertz CT molecular complexity index is 1330. The normalized spacial score (nSPS) is 17.2. The Balaban J connectivity index is 1.94. The van der Waals surface area contributed by atoms with Crippen LogP contribution in [0.5, 0.6) is 11.5 Å². The molecule has 0 saturated carbocycles. The second kappa shape index (κ2) is 8.99. The third-order valence-corrected chi connectivity index (χ3v) is 6.26. The zero-order chi connectivity index (χ0) is 24.6. The van der Waals surface area contributed by atoms with Crippen LogP contribution in [-0.4, -0.2) is 27.9 Å². The van der Waals surface area contributed by atoms with E-state index in [0.717, 1.165) is 5.56 Å². The minimum absolute atomic E-state index is 0.0138. The minimum Gasteiger partial charge on any atom is -0.507 e. The SMILES string of the molecule is CC=C(C)C(=O)O[C@H]1Cc2c(c(Cc3ccccc3)c3oc(CO)cc(=O)c3c2O)OC1(C)C. The third kappa shape index (κ3) is 4.19. The van der Waals surface area contributed by atoms with E-state index in [1.807, 2.05) is 44.2 Å². The molecule has 1 aliphatic rings. The lowest BCUT2D eigenvalue weighted by atomic mass is 9.86. The Morgan fingerprint density at radius 1 is 1.26 bits per heavy atom. The number of allylic oxidation sites excluding steroid dienone is 1. The Labute approximate surface area is 197 Å². The molecule has 2 heterocycles. The van der Waals surface area contributed by atoms with Gasteiger partial charge in [0.2, 0.25) is 0 Å². The number of phenols is 1. The molecule has 34 heavy (non-hydrogen) atoms. The second-order valence-corrected chi connectivity index (χ2v) is 9.01. The molecule has 1 atom stereocenters. The molecule has 1 aromatic heterocycles. The standard InChI is InChI=1S/C27H28O7/c1-5-15(2)26(31)33-21-13-18-23(30)22-20(29)12-17(14-28)32-25(22)19(24(18)34-27(21,3)4)11-16-9-7-6-8-10-16/h5-10,12,21,28,30H,11,13-14H2,1-4H3/t21-/m0/s1. The third-order valence-electron chi connectivity index (χ3n) is 6.26. The largest absolute Gasteiger partial charge is 0.507 e. The van der Waals surface area contributed by atoms with Gasteiger partial charge in [-0.2, -0.15) is 0 Å². The monoisotopic (exact) mass is 464 g/mol. The predicted octanol–water partition coefficient (Wildman–Crippen LogP) is 4.17. The van der Waals surface area contributed by atoms with Crippen LogP contribution >= 0.6 is 0 Å². The number of rotatable bonds is 5. The van der Waals surface area contributed by atoms with Gasteiger partial charge in [0.25, 0.3) is 0 Å². The smallest absolute Gasteiger partial charge is 0.333 e. The predicted molar refractivity (Wildman–Crippen MR) is 127 cm³/mol. The summed E-state index contributed by atoms with van der Waals surface area (Å²) in [5.74, 6) is -0.245. The molecular formula is C27H28O7. The molecule has 0 bridgehead atoms. The highest BCUT2D eigenvalue weighted by molar-refractivity contribution is 5.91. The van der Waals surface area contributed by atoms with Crippen molar-refractivity contribution in [1.82, 2.24) is 0 Å². The Hall–Kier alpha value is -3.58. The highest BCUT2D eigenvalue weighted by atomic mass is 16.6. The molecule has 7 nitrogen and oxygen atoms in total. The number of aliphatic hydroxyl groups is 1. The summed E-state index contributed by atoms with van der Waals surface area (Å²) in [5, 5.41) is 20.8. The fourth-order valence-corrected chi connectivity index (χ4v) is 4.16. The van der Waals surface area contributed by atoms with E-state index < -0.39 is 29.7 Å². The fourth-order valence-electron chi connectivity index (χ4n) is 4.16. The van der Waals surface area contributed by atoms with Gasteiger partial charge in [0.1, 0.15) is 46.5 Å². The molecule has 0 unspecified atom stereocenters. The molecule has 3 aromatic rings. The minimum atomic E-state index is -0.920. The molecule has 0 spiro atoms. The Kier molecular flexibility index (Phi) is 6.23. The maximum atomic E-state index is 12.9. The average molecular weight is 465 g/mol. The molecule has 7 heteroatoms. The van der Waals surface area contributed by atoms with E-state index in [4.69, 9.17) is 13.9 Å². The van der Waals surface area contributed by atoms with Crippen molar-refractivity contribution in [3.63, 3.8) is 0 Å². The number of phenolic OH excluding ortho intramolecular Hbond substituents is 1. The van der Waals surface area contributed by atoms with E-state index in [2.05, 4.69) is 0 Å². The number of benzene rings is 2. The van der Waals surface area contributed by atoms with Gasteiger partial charge >= 0.3 is 5.97 Å². The first kappa shape index (κ1) is 23.6. The van der Waals surface area contributed by atoms with Crippen LogP contribution in [0.4, 0.5) is 0 Å². The van der Waals surface area contributed by atoms with Crippen molar-refractivity contribution >= 4 is 16.9 Å². The first-order valence-corrected chi connectivity index (χ1v) is 11.2. The van der Waals surface area contributed by atoms with Gasteiger partial charge in [-0.3, -0.25) is 4.79 Å². The van der Waals surface area contributed by atoms with E-state index in [1.54, 1.807) is 19.9 Å². The summed E-state index contributed by atoms with van der Waals surface area (Å²) < 4.78 is 18.0. The zero-order valence-corrected chi connectivity index (χ0v) is 19.7. The number of carbonyl (C=O) groups excluding carboxylic acids is 1. The lowest BCUT2D eigenvalue weighted by Crippen LogP contribution is -2.49. The van der Waals surface area contributed by atoms with Gasteiger partial charge in [-0.05, 0) is 33.3 Å². The van der Waals surface area contributed by atoms with E-state index in [0.29, 0.717) is 28.9 Å². The van der Waals surface area contributed by atoms with E-state index in [9.17, 15) is 19.8 Å². The Morgan fingerprint density at radius 3 is 2.62 bits per heavy atom. The molecular weight excluding hydrogens is 436 g/mol. The van der Waals surface area contributed by atoms with Crippen LogP contribution in [0.3, 0.4) is 0 Å². The molecule has 0 radical (unpaired) electrons. The van der Waals surface area contributed by atoms with Crippen LogP contribution in [0.15, 0.2) is 57.3 Å². The lowest BCUT2D eigenvalue weighted by molar-refractivity contribution is -0.156. The maximum Gasteiger partial charge on any atom is 0.333 e. The summed E-state index contributed by atoms with van der Waals surface area (Å²) in [7, 11) is 0. The van der Waals surface area contributed by atoms with Crippen molar-refractivity contribution in [2.75, 3.05) is 0 Å². The second-order valence-electron chi connectivity index (χ2n) is 9.01. The highest BCUT2D eigenvalue weighted by Gasteiger charge is 2.43. The number of hydrogen-bond acceptors (Lipinski definition) is 7. The lowest BCUT2D eigenvalue weighted by Gasteiger charge is -2.40. The molecule has 1 aliphatic heterocycles. The van der Waals surface area contributed by atoms with Crippen LogP contribution < -0.4 is 10.2 Å². The van der Waals surface area contributed by atoms with E-state index in [1.165, 1.54) is 6.07 Å². The van der Waals surface area contributed by atoms with Crippen molar-refractivity contribution < 1.29 is 28.9 Å². The average Bonchev–Trinajstić information content (AvgIpc) is 2.81. The molecule has 0 fully saturated rings. The van der Waals surface area contributed by atoms with Gasteiger partial charge in [0, 0.05) is 35.6 Å². The molecule has 0 amide bonds. The van der Waals surface area contributed by atoms with E-state index >= 15 is 0 Å². The van der Waals surface area contributed by atoms with Gasteiger partial charge < -0.3 is 24.1 Å². The first-order valence-electron chi connectivity index (χ1n) is 11.2. The van der Waals surface area contributed by atoms with Crippen LogP contribution in [0.2, 0.25) is 0 Å². The summed E-state index contributed by atoms with van der Waals surface area (Å²) in [6.07, 6.45) is 1.50. The van der Waals surface area contributed by atoms with Gasteiger partial charge in [-0.1, -0.05) is 36.4 Å². The van der Waals surface area contributed by atoms with Gasteiger partial charge in [0.15, 0.2) is 5.43 Å². The molecule has 4 rings (SSSR count). The summed E-state index contributed by atoms with van der Waals surface area (Å²) in [6.45, 7) is 6.59. The molecule has 0 saturated heterocycles. The number of hydrogen-bond donors (Lipinski definition) is 2. The van der Waals surface area contributed by atoms with Crippen molar-refractivity contribution in [3.8, 4) is 11.5 Å². The number of aliphatic hydroxyl groups excluding tert-OH is 1. The molecule has 0 aliphatic carbocycles. The number of fused-ring (bicyclic) bond motifs is 2. The zero-order valence-electron chi connectivity index (χ0n) is 19.7. The van der Waals surface area contributed by atoms with Crippen LogP contribution in [0.1, 0.15) is 50.1 Å². The first-order chi connectivity index (χ1) is 16.2. The van der Waals surface area contributed by atoms with Crippen LogP contribution in [0.25, 0.3) is 11.0 Å². The van der Waals surface area contributed by atoms with Crippen molar-refractivity contribution in [3.05, 3.63) is 80.7 Å². The number of carbonyl (C=O) groups is 1. The van der Waals surface area contributed by atoms with Crippen molar-refractivity contribution in [1.29, 1.82) is 0 Å². The van der Waals surface area contributed by atoms with Crippen LogP contribution in [-0.2, 0) is 29.0 Å². The van der Waals surface area contributed by atoms with Crippen molar-refractivity contribution in [2.45, 2.75) is 58.8 Å². The quantitative estimate of drug-likeness (QED) is 0.431. The highest BCUT2D eigenvalue weighted by Crippen LogP contribution is 2.46. The topological polar surface area (TPSA) is 106 Å². The van der Waals surface area contributed by atoms with Crippen molar-refractivity contribution in [2.24, 2.45) is 0 Å². The maximum absolute atomic E-state index is 12.9. The van der Waals surface area contributed by atoms with Gasteiger partial charge in [0.05, 0.1) is 0 Å². The summed E-state index contributed by atoms with van der Waals surface area (Å²) in [5.41, 5.74) is 1.17. The molecule has 2 N–H and O–H groups in total. The number of aromatic hydroxyl groups is 1.